The van der Waals surface area contributed by atoms with Crippen LogP contribution in [0.15, 0.2) is 55.0 Å². The third-order valence-corrected chi connectivity index (χ3v) is 5.13. The van der Waals surface area contributed by atoms with Crippen LogP contribution < -0.4 is 5.32 Å². The van der Waals surface area contributed by atoms with Gasteiger partial charge in [0.05, 0.1) is 17.8 Å². The largest absolute Gasteiger partial charge is 0.362 e. The molecular formula is C20H21N5S. The van der Waals surface area contributed by atoms with Crippen LogP contribution in [0.25, 0.3) is 0 Å². The fourth-order valence-electron chi connectivity index (χ4n) is 3.66. The van der Waals surface area contributed by atoms with Crippen molar-refractivity contribution in [2.24, 2.45) is 0 Å². The van der Waals surface area contributed by atoms with Crippen molar-refractivity contribution < 1.29 is 0 Å². The number of hydrogen-bond donors (Lipinski definition) is 2. The number of nitrogens with one attached hydrogen (secondary N) is 2. The highest BCUT2D eigenvalue weighted by atomic mass is 32.1. The molecule has 6 heteroatoms. The number of rotatable bonds is 4. The Morgan fingerprint density at radius 2 is 2.04 bits per heavy atom. The minimum Gasteiger partial charge on any atom is -0.362 e. The summed E-state index contributed by atoms with van der Waals surface area (Å²) < 4.78 is 0. The molecule has 132 valence electrons. The first-order chi connectivity index (χ1) is 12.6. The molecule has 0 radical (unpaired) electrons. The first kappa shape index (κ1) is 16.7. The lowest BCUT2D eigenvalue weighted by atomic mass is 9.96. The van der Waals surface area contributed by atoms with E-state index in [9.17, 15) is 0 Å². The Bertz CT molecular complexity index is 906. The molecule has 1 aliphatic heterocycles. The van der Waals surface area contributed by atoms with E-state index in [1.807, 2.05) is 30.6 Å². The minimum absolute atomic E-state index is 0.00858. The summed E-state index contributed by atoms with van der Waals surface area (Å²) in [5, 5.41) is 4.23. The predicted molar refractivity (Wildman–Crippen MR) is 105 cm³/mol. The first-order valence-electron chi connectivity index (χ1n) is 8.66. The Balaban J connectivity index is 1.76. The van der Waals surface area contributed by atoms with Crippen molar-refractivity contribution in [1.82, 2.24) is 25.2 Å². The summed E-state index contributed by atoms with van der Waals surface area (Å²) in [6.07, 6.45) is 5.51. The summed E-state index contributed by atoms with van der Waals surface area (Å²) in [5.74, 6) is 0. The minimum atomic E-state index is 0.00858. The molecule has 1 fully saturated rings. The van der Waals surface area contributed by atoms with Gasteiger partial charge in [0.25, 0.3) is 0 Å². The molecule has 5 nitrogen and oxygen atoms in total. The average molecular weight is 363 g/mol. The van der Waals surface area contributed by atoms with E-state index in [-0.39, 0.29) is 12.1 Å². The van der Waals surface area contributed by atoms with E-state index in [0.717, 1.165) is 27.8 Å². The number of H-pyrrole nitrogens is 1. The molecule has 2 N–H and O–H groups in total. The fourth-order valence-corrected chi connectivity index (χ4v) is 3.96. The third kappa shape index (κ3) is 3.08. The molecule has 1 saturated heterocycles. The van der Waals surface area contributed by atoms with E-state index < -0.39 is 0 Å². The summed E-state index contributed by atoms with van der Waals surface area (Å²) in [6, 6.07) is 12.3. The van der Waals surface area contributed by atoms with Crippen LogP contribution in [-0.4, -0.2) is 25.0 Å². The quantitative estimate of drug-likeness (QED) is 0.694. The fraction of sp³-hybridized carbons (Fsp3) is 0.250. The molecule has 26 heavy (non-hydrogen) atoms. The van der Waals surface area contributed by atoms with Gasteiger partial charge in [-0.05, 0) is 61.5 Å². The summed E-state index contributed by atoms with van der Waals surface area (Å²) in [5.41, 5.74) is 5.68. The first-order valence-corrected chi connectivity index (χ1v) is 9.07. The third-order valence-electron chi connectivity index (χ3n) is 4.78. The number of pyridine rings is 2. The molecule has 2 unspecified atom stereocenters. The van der Waals surface area contributed by atoms with Crippen LogP contribution in [0, 0.1) is 13.8 Å². The predicted octanol–water partition coefficient (Wildman–Crippen LogP) is 3.59. The molecule has 2 atom stereocenters. The summed E-state index contributed by atoms with van der Waals surface area (Å²) in [7, 11) is 0. The van der Waals surface area contributed by atoms with Gasteiger partial charge in [-0.25, -0.2) is 0 Å². The Kier molecular flexibility index (Phi) is 4.42. The van der Waals surface area contributed by atoms with Crippen molar-refractivity contribution in [1.29, 1.82) is 0 Å². The van der Waals surface area contributed by atoms with Crippen LogP contribution in [0.4, 0.5) is 0 Å². The van der Waals surface area contributed by atoms with Crippen molar-refractivity contribution in [3.63, 3.8) is 0 Å². The molecule has 0 spiro atoms. The zero-order chi connectivity index (χ0) is 18.1. The molecule has 0 bridgehead atoms. The van der Waals surface area contributed by atoms with Gasteiger partial charge >= 0.3 is 0 Å². The van der Waals surface area contributed by atoms with Gasteiger partial charge in [0.2, 0.25) is 0 Å². The second-order valence-electron chi connectivity index (χ2n) is 6.65. The second-order valence-corrected chi connectivity index (χ2v) is 7.04. The van der Waals surface area contributed by atoms with Gasteiger partial charge in [0, 0.05) is 36.5 Å². The van der Waals surface area contributed by atoms with Gasteiger partial charge in [0.1, 0.15) is 0 Å². The average Bonchev–Trinajstić information content (AvgIpc) is 3.15. The molecule has 3 aromatic heterocycles. The van der Waals surface area contributed by atoms with Crippen LogP contribution in [0.2, 0.25) is 0 Å². The lowest BCUT2D eigenvalue weighted by Crippen LogP contribution is -2.29. The Morgan fingerprint density at radius 3 is 2.69 bits per heavy atom. The number of aromatic amines is 1. The molecule has 3 aromatic rings. The van der Waals surface area contributed by atoms with Gasteiger partial charge in [-0.15, -0.1) is 0 Å². The van der Waals surface area contributed by atoms with Crippen molar-refractivity contribution in [2.45, 2.75) is 32.5 Å². The van der Waals surface area contributed by atoms with E-state index in [1.54, 1.807) is 6.20 Å². The van der Waals surface area contributed by atoms with Crippen molar-refractivity contribution in [3.8, 4) is 0 Å². The SMILES string of the molecule is Cc1cc(C2C(c3ccccn3)NC(=S)N2Cc2cccnc2)c(C)[nH]1. The zero-order valence-corrected chi connectivity index (χ0v) is 15.6. The van der Waals surface area contributed by atoms with Crippen molar-refractivity contribution in [3.05, 3.63) is 83.2 Å². The van der Waals surface area contributed by atoms with E-state index in [0.29, 0.717) is 6.54 Å². The van der Waals surface area contributed by atoms with Crippen LogP contribution in [-0.2, 0) is 6.54 Å². The number of nitrogens with zero attached hydrogens (tertiary/aromatic N) is 3. The van der Waals surface area contributed by atoms with E-state index in [4.69, 9.17) is 12.2 Å². The topological polar surface area (TPSA) is 56.8 Å². The number of aromatic nitrogens is 3. The summed E-state index contributed by atoms with van der Waals surface area (Å²) in [4.78, 5) is 14.5. The molecule has 0 amide bonds. The number of thiocarbonyl (C=S) groups is 1. The Labute approximate surface area is 158 Å². The molecule has 4 heterocycles. The summed E-state index contributed by atoms with van der Waals surface area (Å²) >= 11 is 5.70. The molecule has 1 aliphatic rings. The number of hydrogen-bond acceptors (Lipinski definition) is 3. The smallest absolute Gasteiger partial charge is 0.170 e. The normalized spacial score (nSPS) is 19.6. The van der Waals surface area contributed by atoms with Crippen molar-refractivity contribution >= 4 is 17.3 Å². The Morgan fingerprint density at radius 1 is 1.15 bits per heavy atom. The molecule has 0 aliphatic carbocycles. The molecule has 0 saturated carbocycles. The molecular weight excluding hydrogens is 342 g/mol. The van der Waals surface area contributed by atoms with E-state index in [2.05, 4.69) is 57.2 Å². The maximum atomic E-state index is 5.70. The monoisotopic (exact) mass is 363 g/mol. The van der Waals surface area contributed by atoms with Crippen LogP contribution in [0.3, 0.4) is 0 Å². The van der Waals surface area contributed by atoms with Crippen molar-refractivity contribution in [2.75, 3.05) is 0 Å². The zero-order valence-electron chi connectivity index (χ0n) is 14.8. The van der Waals surface area contributed by atoms with E-state index >= 15 is 0 Å². The van der Waals surface area contributed by atoms with Gasteiger partial charge in [0.15, 0.2) is 5.11 Å². The maximum absolute atomic E-state index is 5.70. The number of aryl methyl sites for hydroxylation is 2. The van der Waals surface area contributed by atoms with Crippen LogP contribution in [0.1, 0.15) is 40.3 Å². The highest BCUT2D eigenvalue weighted by molar-refractivity contribution is 7.80. The Hall–Kier alpha value is -2.73. The molecule has 0 aromatic carbocycles. The maximum Gasteiger partial charge on any atom is 0.170 e. The highest BCUT2D eigenvalue weighted by Gasteiger charge is 2.40. The lowest BCUT2D eigenvalue weighted by Gasteiger charge is -2.28. The summed E-state index contributed by atoms with van der Waals surface area (Å²) in [6.45, 7) is 4.90. The van der Waals surface area contributed by atoms with E-state index in [1.165, 1.54) is 5.56 Å². The van der Waals surface area contributed by atoms with Gasteiger partial charge in [-0.3, -0.25) is 9.97 Å². The lowest BCUT2D eigenvalue weighted by molar-refractivity contribution is 0.310. The van der Waals surface area contributed by atoms with Gasteiger partial charge < -0.3 is 15.2 Å². The van der Waals surface area contributed by atoms with Crippen LogP contribution in [0.5, 0.6) is 0 Å². The standard InChI is InChI=1S/C20H21N5S/c1-13-10-16(14(2)23-13)19-18(17-7-3-4-9-22-17)24-20(26)25(19)12-15-6-5-8-21-11-15/h3-11,18-19,23H,12H2,1-2H3,(H,24,26). The highest BCUT2D eigenvalue weighted by Crippen LogP contribution is 2.40. The molecule has 4 rings (SSSR count). The van der Waals surface area contributed by atoms with Gasteiger partial charge in [-0.1, -0.05) is 12.1 Å². The van der Waals surface area contributed by atoms with Crippen LogP contribution >= 0.6 is 12.2 Å². The van der Waals surface area contributed by atoms with Gasteiger partial charge in [-0.2, -0.15) is 0 Å². The second kappa shape index (κ2) is 6.88.